The van der Waals surface area contributed by atoms with Gasteiger partial charge in [-0.2, -0.15) is 4.98 Å². The van der Waals surface area contributed by atoms with Gasteiger partial charge in [0, 0.05) is 45.2 Å². The summed E-state index contributed by atoms with van der Waals surface area (Å²) in [4.78, 5) is 35.6. The maximum atomic E-state index is 12.2. The summed E-state index contributed by atoms with van der Waals surface area (Å²) >= 11 is 1.42. The van der Waals surface area contributed by atoms with Crippen molar-refractivity contribution in [3.8, 4) is 0 Å². The van der Waals surface area contributed by atoms with Gasteiger partial charge in [-0.05, 0) is 43.2 Å². The lowest BCUT2D eigenvalue weighted by Gasteiger charge is -2.29. The van der Waals surface area contributed by atoms with Gasteiger partial charge in [-0.1, -0.05) is 6.07 Å². The molecule has 0 aliphatic heterocycles. The van der Waals surface area contributed by atoms with Crippen LogP contribution in [-0.2, 0) is 4.79 Å². The first-order valence-corrected chi connectivity index (χ1v) is 10.5. The van der Waals surface area contributed by atoms with E-state index in [0.717, 1.165) is 36.4 Å². The van der Waals surface area contributed by atoms with E-state index in [0.29, 0.717) is 12.0 Å². The fraction of sp³-hybridized carbons (Fsp3) is 0.500. The van der Waals surface area contributed by atoms with Crippen molar-refractivity contribution in [3.05, 3.63) is 34.7 Å². The van der Waals surface area contributed by atoms with Crippen LogP contribution < -0.4 is 15.5 Å². The Morgan fingerprint density at radius 3 is 2.57 bits per heavy atom. The molecule has 3 rings (SSSR count). The van der Waals surface area contributed by atoms with E-state index in [1.165, 1.54) is 11.3 Å². The van der Waals surface area contributed by atoms with Crippen molar-refractivity contribution < 1.29 is 9.59 Å². The van der Waals surface area contributed by atoms with Crippen LogP contribution in [-0.4, -0.2) is 47.8 Å². The van der Waals surface area contributed by atoms with Gasteiger partial charge in [-0.15, -0.1) is 11.3 Å². The number of ketones is 1. The average Bonchev–Trinajstić information content (AvgIpc) is 3.23. The number of thiophene rings is 1. The number of anilines is 2. The Labute approximate surface area is 169 Å². The molecule has 150 valence electrons. The molecule has 2 heterocycles. The van der Waals surface area contributed by atoms with Crippen LogP contribution in [0.3, 0.4) is 0 Å². The standard InChI is InChI=1S/C20H27N5O2S/c1-25(2)18-11-12-21-20(24-18)23-15-7-5-14(6-8-15)22-19(27)10-9-16(26)17-4-3-13-28-17/h3-4,11-15H,5-10H2,1-2H3,(H,22,27)(H,21,23,24). The minimum absolute atomic E-state index is 0.0386. The van der Waals surface area contributed by atoms with E-state index >= 15 is 0 Å². The maximum absolute atomic E-state index is 12.2. The van der Waals surface area contributed by atoms with Crippen molar-refractivity contribution >= 4 is 34.8 Å². The fourth-order valence-corrected chi connectivity index (χ4v) is 4.01. The Bertz CT molecular complexity index is 786. The largest absolute Gasteiger partial charge is 0.363 e. The molecule has 8 heteroatoms. The lowest BCUT2D eigenvalue weighted by molar-refractivity contribution is -0.122. The number of carbonyl (C=O) groups excluding carboxylic acids is 2. The number of Topliss-reactive ketones (excluding diaryl/α,β-unsaturated/α-hetero) is 1. The van der Waals surface area contributed by atoms with Gasteiger partial charge in [0.2, 0.25) is 11.9 Å². The maximum Gasteiger partial charge on any atom is 0.224 e. The zero-order valence-electron chi connectivity index (χ0n) is 16.4. The van der Waals surface area contributed by atoms with Crippen molar-refractivity contribution in [2.75, 3.05) is 24.3 Å². The molecule has 0 unspecified atom stereocenters. The molecule has 2 aromatic heterocycles. The number of nitrogens with zero attached hydrogens (tertiary/aromatic N) is 3. The third-order valence-electron chi connectivity index (χ3n) is 4.90. The highest BCUT2D eigenvalue weighted by molar-refractivity contribution is 7.12. The smallest absolute Gasteiger partial charge is 0.224 e. The van der Waals surface area contributed by atoms with Crippen molar-refractivity contribution in [1.29, 1.82) is 0 Å². The molecule has 7 nitrogen and oxygen atoms in total. The highest BCUT2D eigenvalue weighted by atomic mass is 32.1. The van der Waals surface area contributed by atoms with Crippen LogP contribution in [0.25, 0.3) is 0 Å². The summed E-state index contributed by atoms with van der Waals surface area (Å²) in [5, 5.41) is 8.35. The molecule has 28 heavy (non-hydrogen) atoms. The molecule has 0 bridgehead atoms. The van der Waals surface area contributed by atoms with Crippen molar-refractivity contribution in [2.45, 2.75) is 50.6 Å². The minimum Gasteiger partial charge on any atom is -0.363 e. The Balaban J connectivity index is 1.38. The first-order valence-electron chi connectivity index (χ1n) is 9.64. The number of hydrogen-bond acceptors (Lipinski definition) is 7. The van der Waals surface area contributed by atoms with Gasteiger partial charge in [0.1, 0.15) is 5.82 Å². The number of carbonyl (C=O) groups is 2. The molecule has 0 atom stereocenters. The Morgan fingerprint density at radius 2 is 1.89 bits per heavy atom. The molecule has 2 N–H and O–H groups in total. The summed E-state index contributed by atoms with van der Waals surface area (Å²) in [6.07, 6.45) is 6.01. The van der Waals surface area contributed by atoms with Gasteiger partial charge in [-0.25, -0.2) is 4.98 Å². The van der Waals surface area contributed by atoms with Gasteiger partial charge >= 0.3 is 0 Å². The summed E-state index contributed by atoms with van der Waals surface area (Å²) in [7, 11) is 3.90. The second-order valence-corrected chi connectivity index (χ2v) is 8.24. The molecular formula is C20H27N5O2S. The lowest BCUT2D eigenvalue weighted by Crippen LogP contribution is -2.40. The molecule has 0 saturated heterocycles. The van der Waals surface area contributed by atoms with Gasteiger partial charge < -0.3 is 15.5 Å². The van der Waals surface area contributed by atoms with Gasteiger partial charge in [0.15, 0.2) is 5.78 Å². The van der Waals surface area contributed by atoms with E-state index in [4.69, 9.17) is 0 Å². The Kier molecular flexibility index (Phi) is 6.97. The molecular weight excluding hydrogens is 374 g/mol. The summed E-state index contributed by atoms with van der Waals surface area (Å²) < 4.78 is 0. The molecule has 2 aromatic rings. The first-order chi connectivity index (χ1) is 13.5. The zero-order chi connectivity index (χ0) is 19.9. The molecule has 0 radical (unpaired) electrons. The van der Waals surface area contributed by atoms with E-state index < -0.39 is 0 Å². The molecule has 0 spiro atoms. The second kappa shape index (κ2) is 9.64. The molecule has 1 amide bonds. The summed E-state index contributed by atoms with van der Waals surface area (Å²) in [6, 6.07) is 6.02. The fourth-order valence-electron chi connectivity index (χ4n) is 3.32. The predicted molar refractivity (Wildman–Crippen MR) is 112 cm³/mol. The molecule has 1 aliphatic carbocycles. The number of amides is 1. The lowest BCUT2D eigenvalue weighted by atomic mass is 9.91. The topological polar surface area (TPSA) is 87.2 Å². The van der Waals surface area contributed by atoms with Crippen LogP contribution in [0.4, 0.5) is 11.8 Å². The summed E-state index contributed by atoms with van der Waals surface area (Å²) in [5.74, 6) is 1.52. The normalized spacial score (nSPS) is 19.1. The Morgan fingerprint density at radius 1 is 1.14 bits per heavy atom. The van der Waals surface area contributed by atoms with Gasteiger partial charge in [0.25, 0.3) is 0 Å². The predicted octanol–water partition coefficient (Wildman–Crippen LogP) is 3.11. The van der Waals surface area contributed by atoms with Crippen molar-refractivity contribution in [1.82, 2.24) is 15.3 Å². The summed E-state index contributed by atoms with van der Waals surface area (Å²) in [6.45, 7) is 0. The first kappa shape index (κ1) is 20.3. The number of hydrogen-bond donors (Lipinski definition) is 2. The van der Waals surface area contributed by atoms with E-state index in [1.807, 2.05) is 36.5 Å². The quantitative estimate of drug-likeness (QED) is 0.661. The van der Waals surface area contributed by atoms with E-state index in [-0.39, 0.29) is 30.6 Å². The molecule has 1 aliphatic rings. The number of nitrogens with one attached hydrogen (secondary N) is 2. The summed E-state index contributed by atoms with van der Waals surface area (Å²) in [5.41, 5.74) is 0. The van der Waals surface area contributed by atoms with Crippen LogP contribution in [0.2, 0.25) is 0 Å². The van der Waals surface area contributed by atoms with Gasteiger partial charge in [-0.3, -0.25) is 9.59 Å². The van der Waals surface area contributed by atoms with Crippen LogP contribution in [0.1, 0.15) is 48.2 Å². The monoisotopic (exact) mass is 401 g/mol. The SMILES string of the molecule is CN(C)c1ccnc(NC2CCC(NC(=O)CCC(=O)c3cccs3)CC2)n1. The number of rotatable bonds is 8. The van der Waals surface area contributed by atoms with Crippen LogP contribution in [0, 0.1) is 0 Å². The highest BCUT2D eigenvalue weighted by Crippen LogP contribution is 2.22. The van der Waals surface area contributed by atoms with Crippen molar-refractivity contribution in [3.63, 3.8) is 0 Å². The van der Waals surface area contributed by atoms with E-state index in [2.05, 4.69) is 20.6 Å². The van der Waals surface area contributed by atoms with Gasteiger partial charge in [0.05, 0.1) is 4.88 Å². The molecule has 0 aromatic carbocycles. The molecule has 1 saturated carbocycles. The van der Waals surface area contributed by atoms with Crippen LogP contribution in [0.5, 0.6) is 0 Å². The highest BCUT2D eigenvalue weighted by Gasteiger charge is 2.23. The van der Waals surface area contributed by atoms with Crippen LogP contribution in [0.15, 0.2) is 29.8 Å². The Hall–Kier alpha value is -2.48. The van der Waals surface area contributed by atoms with E-state index in [1.54, 1.807) is 12.3 Å². The average molecular weight is 402 g/mol. The third-order valence-corrected chi connectivity index (χ3v) is 5.81. The number of aromatic nitrogens is 2. The molecule has 1 fully saturated rings. The zero-order valence-corrected chi connectivity index (χ0v) is 17.2. The third kappa shape index (κ3) is 5.76. The minimum atomic E-state index is -0.0386. The van der Waals surface area contributed by atoms with Crippen LogP contribution >= 0.6 is 11.3 Å². The second-order valence-electron chi connectivity index (χ2n) is 7.29. The van der Waals surface area contributed by atoms with E-state index in [9.17, 15) is 9.59 Å². The van der Waals surface area contributed by atoms with Crippen molar-refractivity contribution in [2.24, 2.45) is 0 Å².